The number of hydrogen-bond donors (Lipinski definition) is 2. The van der Waals surface area contributed by atoms with E-state index >= 15 is 0 Å². The molecule has 2 N–H and O–H groups in total. The summed E-state index contributed by atoms with van der Waals surface area (Å²) in [5.41, 5.74) is 1.02. The van der Waals surface area contributed by atoms with Gasteiger partial charge in [0, 0.05) is 6.54 Å². The number of benzene rings is 2. The van der Waals surface area contributed by atoms with Gasteiger partial charge in [0.15, 0.2) is 12.7 Å². The van der Waals surface area contributed by atoms with Gasteiger partial charge in [-0.3, -0.25) is 14.4 Å². The minimum Gasteiger partial charge on any atom is -0.478 e. The molecule has 0 fully saturated rings. The number of carbonyl (C=O) groups excluding carboxylic acids is 3. The summed E-state index contributed by atoms with van der Waals surface area (Å²) in [5, 5.41) is 5.19. The molecule has 8 heteroatoms. The van der Waals surface area contributed by atoms with Crippen LogP contribution >= 0.6 is 0 Å². The molecule has 1 atom stereocenters. The second-order valence-corrected chi connectivity index (χ2v) is 6.15. The van der Waals surface area contributed by atoms with Gasteiger partial charge in [0.25, 0.3) is 11.8 Å². The van der Waals surface area contributed by atoms with E-state index in [0.717, 1.165) is 0 Å². The minimum atomic E-state index is -1.02. The van der Waals surface area contributed by atoms with Crippen molar-refractivity contribution in [2.45, 2.75) is 18.9 Å². The highest BCUT2D eigenvalue weighted by Crippen LogP contribution is 2.29. The van der Waals surface area contributed by atoms with E-state index in [4.69, 9.17) is 9.47 Å². The Morgan fingerprint density at radius 2 is 1.89 bits per heavy atom. The van der Waals surface area contributed by atoms with Gasteiger partial charge in [-0.15, -0.1) is 0 Å². The van der Waals surface area contributed by atoms with Gasteiger partial charge in [-0.2, -0.15) is 0 Å². The number of ether oxygens (including phenoxy) is 2. The van der Waals surface area contributed by atoms with Crippen LogP contribution in [0, 0.1) is 5.82 Å². The monoisotopic (exact) mass is 386 g/mol. The molecular formula is C20H19FN2O5. The molecule has 1 heterocycles. The third-order valence-electron chi connectivity index (χ3n) is 4.10. The quantitative estimate of drug-likeness (QED) is 0.708. The van der Waals surface area contributed by atoms with E-state index in [-0.39, 0.29) is 18.8 Å². The lowest BCUT2D eigenvalue weighted by Crippen LogP contribution is -2.39. The average Bonchev–Trinajstić information content (AvgIpc) is 2.68. The van der Waals surface area contributed by atoms with Crippen LogP contribution in [0.2, 0.25) is 0 Å². The second kappa shape index (κ2) is 8.98. The second-order valence-electron chi connectivity index (χ2n) is 6.15. The van der Waals surface area contributed by atoms with Crippen molar-refractivity contribution >= 4 is 23.5 Å². The molecular weight excluding hydrogens is 367 g/mol. The van der Waals surface area contributed by atoms with Gasteiger partial charge in [-0.05, 0) is 30.2 Å². The predicted molar refractivity (Wildman–Crippen MR) is 98.2 cm³/mol. The lowest BCUT2D eigenvalue weighted by Gasteiger charge is -2.25. The molecule has 3 rings (SSSR count). The van der Waals surface area contributed by atoms with Crippen molar-refractivity contribution in [1.29, 1.82) is 0 Å². The molecule has 1 aliphatic heterocycles. The van der Waals surface area contributed by atoms with Crippen molar-refractivity contribution in [2.75, 3.05) is 18.5 Å². The fourth-order valence-corrected chi connectivity index (χ4v) is 2.67. The number of fused-ring (bicyclic) bond motifs is 1. The van der Waals surface area contributed by atoms with Crippen molar-refractivity contribution < 1.29 is 28.2 Å². The van der Waals surface area contributed by atoms with Crippen molar-refractivity contribution in [3.05, 3.63) is 59.9 Å². The van der Waals surface area contributed by atoms with Crippen molar-refractivity contribution in [3.63, 3.8) is 0 Å². The SMILES string of the molecule is O=C(COC(=O)C[C@H]1Oc2ccccc2NC1=O)NCCc1ccccc1F. The van der Waals surface area contributed by atoms with Gasteiger partial charge in [0.1, 0.15) is 11.6 Å². The number of halogens is 1. The fraction of sp³-hybridized carbons (Fsp3) is 0.250. The average molecular weight is 386 g/mol. The Bertz CT molecular complexity index is 886. The maximum Gasteiger partial charge on any atom is 0.310 e. The molecule has 0 aromatic heterocycles. The molecule has 0 saturated carbocycles. The van der Waals surface area contributed by atoms with E-state index in [1.807, 2.05) is 0 Å². The summed E-state index contributed by atoms with van der Waals surface area (Å²) >= 11 is 0. The summed E-state index contributed by atoms with van der Waals surface area (Å²) in [6, 6.07) is 13.1. The van der Waals surface area contributed by atoms with E-state index in [0.29, 0.717) is 23.4 Å². The first-order valence-electron chi connectivity index (χ1n) is 8.75. The molecule has 2 amide bonds. The van der Waals surface area contributed by atoms with Gasteiger partial charge >= 0.3 is 5.97 Å². The number of anilines is 1. The molecule has 28 heavy (non-hydrogen) atoms. The Labute approximate surface area is 160 Å². The Morgan fingerprint density at radius 1 is 1.14 bits per heavy atom. The van der Waals surface area contributed by atoms with E-state index in [9.17, 15) is 18.8 Å². The number of nitrogens with one attached hydrogen (secondary N) is 2. The molecule has 0 spiro atoms. The van der Waals surface area contributed by atoms with Crippen LogP contribution in [0.1, 0.15) is 12.0 Å². The number of hydrogen-bond acceptors (Lipinski definition) is 5. The van der Waals surface area contributed by atoms with Crippen LogP contribution < -0.4 is 15.4 Å². The topological polar surface area (TPSA) is 93.7 Å². The van der Waals surface area contributed by atoms with Crippen molar-refractivity contribution in [1.82, 2.24) is 5.32 Å². The lowest BCUT2D eigenvalue weighted by atomic mass is 10.1. The molecule has 0 radical (unpaired) electrons. The number of esters is 1. The van der Waals surface area contributed by atoms with Crippen LogP contribution in [-0.4, -0.2) is 37.0 Å². The summed E-state index contributed by atoms with van der Waals surface area (Å²) in [6.07, 6.45) is -1.02. The molecule has 1 aliphatic rings. The van der Waals surface area contributed by atoms with Gasteiger partial charge in [-0.25, -0.2) is 4.39 Å². The first kappa shape index (κ1) is 19.3. The highest BCUT2D eigenvalue weighted by molar-refractivity contribution is 5.99. The summed E-state index contributed by atoms with van der Waals surface area (Å²) in [4.78, 5) is 35.6. The molecule has 0 unspecified atom stereocenters. The zero-order chi connectivity index (χ0) is 19.9. The summed E-state index contributed by atoms with van der Waals surface area (Å²) in [6.45, 7) is -0.275. The van der Waals surface area contributed by atoms with E-state index < -0.39 is 30.5 Å². The van der Waals surface area contributed by atoms with E-state index in [1.165, 1.54) is 6.07 Å². The van der Waals surface area contributed by atoms with Gasteiger partial charge in [0.2, 0.25) is 0 Å². The fourth-order valence-electron chi connectivity index (χ4n) is 2.67. The van der Waals surface area contributed by atoms with Crippen molar-refractivity contribution in [3.8, 4) is 5.75 Å². The molecule has 2 aromatic carbocycles. The third kappa shape index (κ3) is 5.06. The normalized spacial score (nSPS) is 15.0. The van der Waals surface area contributed by atoms with Gasteiger partial charge < -0.3 is 20.1 Å². The van der Waals surface area contributed by atoms with Crippen LogP contribution in [0.5, 0.6) is 5.75 Å². The zero-order valence-electron chi connectivity index (χ0n) is 14.9. The molecule has 0 bridgehead atoms. The Morgan fingerprint density at radius 3 is 2.71 bits per heavy atom. The maximum atomic E-state index is 13.5. The van der Waals surface area contributed by atoms with Crippen LogP contribution in [0.3, 0.4) is 0 Å². The van der Waals surface area contributed by atoms with Crippen LogP contribution in [0.4, 0.5) is 10.1 Å². The van der Waals surface area contributed by atoms with Crippen LogP contribution in [0.25, 0.3) is 0 Å². The Balaban J connectivity index is 1.39. The Hall–Kier alpha value is -3.42. The first-order valence-corrected chi connectivity index (χ1v) is 8.75. The smallest absolute Gasteiger partial charge is 0.310 e. The zero-order valence-corrected chi connectivity index (χ0v) is 14.9. The van der Waals surface area contributed by atoms with Gasteiger partial charge in [-0.1, -0.05) is 30.3 Å². The number of para-hydroxylation sites is 2. The van der Waals surface area contributed by atoms with E-state index in [2.05, 4.69) is 10.6 Å². The molecule has 146 valence electrons. The van der Waals surface area contributed by atoms with Crippen molar-refractivity contribution in [2.24, 2.45) is 0 Å². The summed E-state index contributed by atoms with van der Waals surface area (Å²) in [5.74, 6) is -1.57. The molecule has 0 saturated heterocycles. The third-order valence-corrected chi connectivity index (χ3v) is 4.10. The minimum absolute atomic E-state index is 0.211. The largest absolute Gasteiger partial charge is 0.478 e. The highest BCUT2D eigenvalue weighted by Gasteiger charge is 2.30. The van der Waals surface area contributed by atoms with Crippen LogP contribution in [0.15, 0.2) is 48.5 Å². The number of carbonyl (C=O) groups is 3. The predicted octanol–water partition coefficient (Wildman–Crippen LogP) is 1.82. The highest BCUT2D eigenvalue weighted by atomic mass is 19.1. The maximum absolute atomic E-state index is 13.5. The Kier molecular flexibility index (Phi) is 6.21. The number of amides is 2. The summed E-state index contributed by atoms with van der Waals surface area (Å²) in [7, 11) is 0. The van der Waals surface area contributed by atoms with Crippen LogP contribution in [-0.2, 0) is 25.5 Å². The lowest BCUT2D eigenvalue weighted by molar-refractivity contribution is -0.151. The summed E-state index contributed by atoms with van der Waals surface area (Å²) < 4.78 is 23.9. The molecule has 7 nitrogen and oxygen atoms in total. The standard InChI is InChI=1S/C20H19FN2O5/c21-14-6-2-1-5-13(14)9-10-22-18(24)12-27-19(25)11-17-20(26)23-15-7-3-4-8-16(15)28-17/h1-8,17H,9-12H2,(H,22,24)(H,23,26)/t17-/m1/s1. The number of rotatable bonds is 7. The molecule has 0 aliphatic carbocycles. The molecule has 2 aromatic rings. The van der Waals surface area contributed by atoms with E-state index in [1.54, 1.807) is 42.5 Å². The first-order chi connectivity index (χ1) is 13.5. The van der Waals surface area contributed by atoms with Gasteiger partial charge in [0.05, 0.1) is 12.1 Å².